The first-order valence-corrected chi connectivity index (χ1v) is 6.42. The Morgan fingerprint density at radius 2 is 2.21 bits per heavy atom. The van der Waals surface area contributed by atoms with Gasteiger partial charge < -0.3 is 9.88 Å². The predicted octanol–water partition coefficient (Wildman–Crippen LogP) is 1.63. The summed E-state index contributed by atoms with van der Waals surface area (Å²) in [6, 6.07) is 8.47. The van der Waals surface area contributed by atoms with E-state index in [2.05, 4.69) is 62.6 Å². The van der Waals surface area contributed by atoms with Crippen LogP contribution in [0, 0.1) is 0 Å². The second-order valence-electron chi connectivity index (χ2n) is 4.64. The van der Waals surface area contributed by atoms with Crippen molar-refractivity contribution in [1.82, 2.24) is 25.1 Å². The van der Waals surface area contributed by atoms with Crippen molar-refractivity contribution in [2.45, 2.75) is 13.0 Å². The maximum atomic E-state index is 4.10. The number of aromatic amines is 1. The second-order valence-corrected chi connectivity index (χ2v) is 4.64. The van der Waals surface area contributed by atoms with Crippen LogP contribution in [0.15, 0.2) is 36.8 Å². The average Bonchev–Trinajstić information content (AvgIpc) is 3.04. The lowest BCUT2D eigenvalue weighted by Crippen LogP contribution is -2.17. The molecule has 0 radical (unpaired) electrons. The molecule has 5 heteroatoms. The first-order chi connectivity index (χ1) is 9.34. The number of fused-ring (bicyclic) bond motifs is 1. The van der Waals surface area contributed by atoms with E-state index in [4.69, 9.17) is 0 Å². The van der Waals surface area contributed by atoms with Crippen LogP contribution < -0.4 is 5.32 Å². The zero-order valence-corrected chi connectivity index (χ0v) is 10.9. The Labute approximate surface area is 111 Å². The molecule has 0 bridgehead atoms. The number of H-pyrrole nitrogens is 1. The van der Waals surface area contributed by atoms with Crippen molar-refractivity contribution in [3.8, 4) is 0 Å². The average molecular weight is 255 g/mol. The minimum absolute atomic E-state index is 0.866. The Morgan fingerprint density at radius 1 is 1.32 bits per heavy atom. The molecule has 98 valence electrons. The molecule has 2 aromatic heterocycles. The van der Waals surface area contributed by atoms with Crippen LogP contribution in [0.2, 0.25) is 0 Å². The molecule has 1 aromatic carbocycles. The minimum Gasteiger partial charge on any atom is -0.350 e. The van der Waals surface area contributed by atoms with Crippen LogP contribution in [0.25, 0.3) is 10.9 Å². The monoisotopic (exact) mass is 255 g/mol. The molecule has 0 atom stereocenters. The summed E-state index contributed by atoms with van der Waals surface area (Å²) in [6.07, 6.45) is 4.59. The maximum Gasteiger partial charge on any atom is 0.137 e. The van der Waals surface area contributed by atoms with Crippen molar-refractivity contribution in [2.75, 3.05) is 6.54 Å². The lowest BCUT2D eigenvalue weighted by molar-refractivity contribution is 0.672. The quantitative estimate of drug-likeness (QED) is 0.681. The molecular formula is C14H17N5. The summed E-state index contributed by atoms with van der Waals surface area (Å²) < 4.78 is 2.17. The summed E-state index contributed by atoms with van der Waals surface area (Å²) in [4.78, 5) is 4.10. The van der Waals surface area contributed by atoms with Crippen LogP contribution in [0.4, 0.5) is 0 Å². The van der Waals surface area contributed by atoms with E-state index in [0.717, 1.165) is 25.3 Å². The smallest absolute Gasteiger partial charge is 0.137 e. The number of aryl methyl sites for hydroxylation is 1. The first kappa shape index (κ1) is 11.9. The summed E-state index contributed by atoms with van der Waals surface area (Å²) in [5.74, 6) is 0.922. The van der Waals surface area contributed by atoms with Crippen LogP contribution in [0.3, 0.4) is 0 Å². The van der Waals surface area contributed by atoms with Crippen LogP contribution in [-0.4, -0.2) is 26.3 Å². The highest BCUT2D eigenvalue weighted by molar-refractivity contribution is 5.83. The van der Waals surface area contributed by atoms with Crippen molar-refractivity contribution in [2.24, 2.45) is 7.05 Å². The van der Waals surface area contributed by atoms with Crippen LogP contribution in [-0.2, 0) is 20.0 Å². The third-order valence-corrected chi connectivity index (χ3v) is 3.30. The summed E-state index contributed by atoms with van der Waals surface area (Å²) in [5.41, 5.74) is 2.60. The van der Waals surface area contributed by atoms with Gasteiger partial charge in [-0.25, -0.2) is 4.98 Å². The van der Waals surface area contributed by atoms with Gasteiger partial charge in [0.1, 0.15) is 12.2 Å². The summed E-state index contributed by atoms with van der Waals surface area (Å²) in [6.45, 7) is 1.76. The van der Waals surface area contributed by atoms with Gasteiger partial charge in [-0.2, -0.15) is 5.10 Å². The Kier molecular flexibility index (Phi) is 3.29. The largest absolute Gasteiger partial charge is 0.350 e. The van der Waals surface area contributed by atoms with Gasteiger partial charge in [-0.1, -0.05) is 18.2 Å². The van der Waals surface area contributed by atoms with E-state index in [-0.39, 0.29) is 0 Å². The van der Waals surface area contributed by atoms with E-state index in [1.54, 1.807) is 6.33 Å². The number of hydrogen-bond donors (Lipinski definition) is 2. The molecule has 0 spiro atoms. The Bertz CT molecular complexity index is 654. The Balaban J connectivity index is 1.62. The van der Waals surface area contributed by atoms with Gasteiger partial charge in [0, 0.05) is 43.7 Å². The highest BCUT2D eigenvalue weighted by Crippen LogP contribution is 2.19. The molecule has 0 saturated heterocycles. The van der Waals surface area contributed by atoms with Crippen LogP contribution in [0.5, 0.6) is 0 Å². The van der Waals surface area contributed by atoms with Crippen molar-refractivity contribution < 1.29 is 0 Å². The third-order valence-electron chi connectivity index (χ3n) is 3.30. The fraction of sp³-hybridized carbons (Fsp3) is 0.286. The van der Waals surface area contributed by atoms with Gasteiger partial charge in [-0.3, -0.25) is 5.10 Å². The van der Waals surface area contributed by atoms with Gasteiger partial charge in [-0.05, 0) is 11.6 Å². The molecule has 0 saturated carbocycles. The van der Waals surface area contributed by atoms with Crippen molar-refractivity contribution in [1.29, 1.82) is 0 Å². The van der Waals surface area contributed by atoms with Gasteiger partial charge in [-0.15, -0.1) is 0 Å². The van der Waals surface area contributed by atoms with E-state index in [1.807, 2.05) is 0 Å². The molecule has 0 fully saturated rings. The van der Waals surface area contributed by atoms with Crippen molar-refractivity contribution >= 4 is 10.9 Å². The first-order valence-electron chi connectivity index (χ1n) is 6.42. The van der Waals surface area contributed by atoms with E-state index in [9.17, 15) is 0 Å². The van der Waals surface area contributed by atoms with Crippen LogP contribution in [0.1, 0.15) is 11.4 Å². The fourth-order valence-electron chi connectivity index (χ4n) is 2.35. The van der Waals surface area contributed by atoms with Gasteiger partial charge in [0.25, 0.3) is 0 Å². The minimum atomic E-state index is 0.866. The number of nitrogens with one attached hydrogen (secondary N) is 2. The fourth-order valence-corrected chi connectivity index (χ4v) is 2.35. The van der Waals surface area contributed by atoms with E-state index < -0.39 is 0 Å². The molecule has 2 heterocycles. The highest BCUT2D eigenvalue weighted by Gasteiger charge is 2.05. The zero-order chi connectivity index (χ0) is 13.1. The molecule has 0 aliphatic rings. The molecule has 3 rings (SSSR count). The normalized spacial score (nSPS) is 11.2. The van der Waals surface area contributed by atoms with Gasteiger partial charge in [0.15, 0.2) is 0 Å². The third kappa shape index (κ3) is 2.51. The molecule has 0 unspecified atom stereocenters. The number of para-hydroxylation sites is 1. The zero-order valence-electron chi connectivity index (χ0n) is 10.9. The number of hydrogen-bond acceptors (Lipinski definition) is 3. The lowest BCUT2D eigenvalue weighted by atomic mass is 10.2. The number of nitrogens with zero attached hydrogens (tertiary/aromatic N) is 3. The molecular weight excluding hydrogens is 238 g/mol. The maximum absolute atomic E-state index is 4.10. The van der Waals surface area contributed by atoms with Crippen LogP contribution >= 0.6 is 0 Å². The molecule has 0 aliphatic heterocycles. The van der Waals surface area contributed by atoms with Gasteiger partial charge >= 0.3 is 0 Å². The molecule has 3 aromatic rings. The molecule has 5 nitrogen and oxygen atoms in total. The number of aromatic nitrogens is 4. The van der Waals surface area contributed by atoms with E-state index in [1.165, 1.54) is 16.5 Å². The topological polar surface area (TPSA) is 58.5 Å². The molecule has 19 heavy (non-hydrogen) atoms. The Hall–Kier alpha value is -2.14. The second kappa shape index (κ2) is 5.24. The van der Waals surface area contributed by atoms with Gasteiger partial charge in [0.05, 0.1) is 0 Å². The summed E-state index contributed by atoms with van der Waals surface area (Å²) >= 11 is 0. The standard InChI is InChI=1S/C14H17N5/c1-19-9-11(12-4-2-3-5-13(12)19)8-15-7-6-14-16-10-17-18-14/h2-5,9-10,15H,6-8H2,1H3,(H,16,17,18). The molecule has 0 amide bonds. The SMILES string of the molecule is Cn1cc(CNCCc2ncn[nH]2)c2ccccc21. The predicted molar refractivity (Wildman–Crippen MR) is 74.7 cm³/mol. The lowest BCUT2D eigenvalue weighted by Gasteiger charge is -2.02. The Morgan fingerprint density at radius 3 is 3.05 bits per heavy atom. The highest BCUT2D eigenvalue weighted by atomic mass is 15.2. The van der Waals surface area contributed by atoms with Gasteiger partial charge in [0.2, 0.25) is 0 Å². The van der Waals surface area contributed by atoms with E-state index in [0.29, 0.717) is 0 Å². The number of benzene rings is 1. The number of rotatable bonds is 5. The molecule has 0 aliphatic carbocycles. The summed E-state index contributed by atoms with van der Waals surface area (Å²) in [5, 5.41) is 11.5. The van der Waals surface area contributed by atoms with Crippen molar-refractivity contribution in [3.63, 3.8) is 0 Å². The summed E-state index contributed by atoms with van der Waals surface area (Å²) in [7, 11) is 2.08. The van der Waals surface area contributed by atoms with E-state index >= 15 is 0 Å². The molecule has 2 N–H and O–H groups in total. The van der Waals surface area contributed by atoms with Crippen molar-refractivity contribution in [3.05, 3.63) is 48.2 Å².